The molecule has 11 heavy (non-hydrogen) atoms. The Hall–Kier alpha value is -0.730. The first-order valence-electron chi connectivity index (χ1n) is 3.95. The average molecular weight is 159 g/mol. The molecule has 66 valence electrons. The number of nitrogens with one attached hydrogen (secondary N) is 1. The quantitative estimate of drug-likeness (QED) is 0.659. The maximum absolute atomic E-state index is 10.1. The van der Waals surface area contributed by atoms with Gasteiger partial charge in [-0.15, -0.1) is 0 Å². The standard InChI is InChI=1S/C8H17NO2/c1-4-5-8(2,3)6-9-7(10)11/h9H,4-6H2,1-3H3,(H,10,11). The lowest BCUT2D eigenvalue weighted by atomic mass is 9.88. The van der Waals surface area contributed by atoms with Crippen molar-refractivity contribution in [1.82, 2.24) is 5.32 Å². The molecule has 0 saturated heterocycles. The first-order chi connectivity index (χ1) is 4.98. The fourth-order valence-corrected chi connectivity index (χ4v) is 1.08. The van der Waals surface area contributed by atoms with Crippen LogP contribution in [0.2, 0.25) is 0 Å². The van der Waals surface area contributed by atoms with Gasteiger partial charge in [0.1, 0.15) is 0 Å². The van der Waals surface area contributed by atoms with Gasteiger partial charge in [0, 0.05) is 6.54 Å². The molecule has 0 unspecified atom stereocenters. The van der Waals surface area contributed by atoms with Crippen molar-refractivity contribution in [3.05, 3.63) is 0 Å². The van der Waals surface area contributed by atoms with E-state index in [-0.39, 0.29) is 5.41 Å². The third kappa shape index (κ3) is 5.70. The van der Waals surface area contributed by atoms with E-state index in [1.54, 1.807) is 0 Å². The van der Waals surface area contributed by atoms with Crippen LogP contribution in [0.1, 0.15) is 33.6 Å². The molecular formula is C8H17NO2. The summed E-state index contributed by atoms with van der Waals surface area (Å²) in [6.07, 6.45) is 1.20. The second-order valence-corrected chi connectivity index (χ2v) is 3.57. The largest absolute Gasteiger partial charge is 0.465 e. The van der Waals surface area contributed by atoms with Crippen molar-refractivity contribution in [2.45, 2.75) is 33.6 Å². The molecule has 3 nitrogen and oxygen atoms in total. The highest BCUT2D eigenvalue weighted by molar-refractivity contribution is 5.64. The highest BCUT2D eigenvalue weighted by Gasteiger charge is 2.16. The number of hydrogen-bond acceptors (Lipinski definition) is 1. The van der Waals surface area contributed by atoms with Gasteiger partial charge in [0.25, 0.3) is 0 Å². The Bertz CT molecular complexity index is 132. The van der Waals surface area contributed by atoms with Gasteiger partial charge in [-0.1, -0.05) is 27.2 Å². The van der Waals surface area contributed by atoms with E-state index >= 15 is 0 Å². The molecule has 0 fully saturated rings. The van der Waals surface area contributed by atoms with Gasteiger partial charge in [-0.05, 0) is 11.8 Å². The summed E-state index contributed by atoms with van der Waals surface area (Å²) in [6.45, 7) is 6.76. The fraction of sp³-hybridized carbons (Fsp3) is 0.875. The Balaban J connectivity index is 3.63. The SMILES string of the molecule is CCCC(C)(C)CNC(=O)O. The molecule has 0 atom stereocenters. The van der Waals surface area contributed by atoms with Crippen molar-refractivity contribution in [3.8, 4) is 0 Å². The Labute approximate surface area is 67.8 Å². The summed E-state index contributed by atoms with van der Waals surface area (Å²) in [6, 6.07) is 0. The van der Waals surface area contributed by atoms with Crippen LogP contribution in [-0.2, 0) is 0 Å². The minimum absolute atomic E-state index is 0.0904. The van der Waals surface area contributed by atoms with Crippen LogP contribution in [0.5, 0.6) is 0 Å². The van der Waals surface area contributed by atoms with Crippen molar-refractivity contribution in [2.75, 3.05) is 6.54 Å². The topological polar surface area (TPSA) is 49.3 Å². The third-order valence-electron chi connectivity index (χ3n) is 1.64. The van der Waals surface area contributed by atoms with Crippen LogP contribution >= 0.6 is 0 Å². The summed E-state index contributed by atoms with van der Waals surface area (Å²) >= 11 is 0. The summed E-state index contributed by atoms with van der Waals surface area (Å²) < 4.78 is 0. The minimum atomic E-state index is -0.936. The average Bonchev–Trinajstić information content (AvgIpc) is 1.84. The monoisotopic (exact) mass is 159 g/mol. The van der Waals surface area contributed by atoms with Crippen LogP contribution in [0.3, 0.4) is 0 Å². The van der Waals surface area contributed by atoms with Crippen LogP contribution in [-0.4, -0.2) is 17.7 Å². The Morgan fingerprint density at radius 2 is 2.09 bits per heavy atom. The van der Waals surface area contributed by atoms with E-state index in [0.29, 0.717) is 6.54 Å². The summed E-state index contributed by atoms with van der Waals surface area (Å²) in [7, 11) is 0. The van der Waals surface area contributed by atoms with Crippen LogP contribution in [0.15, 0.2) is 0 Å². The van der Waals surface area contributed by atoms with Crippen LogP contribution in [0.4, 0.5) is 4.79 Å². The van der Waals surface area contributed by atoms with Gasteiger partial charge in [0.05, 0.1) is 0 Å². The molecule has 0 aliphatic carbocycles. The number of rotatable bonds is 4. The molecule has 0 aromatic rings. The van der Waals surface area contributed by atoms with E-state index < -0.39 is 6.09 Å². The maximum Gasteiger partial charge on any atom is 0.404 e. The molecule has 2 N–H and O–H groups in total. The number of carboxylic acid groups (broad SMARTS) is 1. The molecule has 0 bridgehead atoms. The first-order valence-corrected chi connectivity index (χ1v) is 3.95. The summed E-state index contributed by atoms with van der Waals surface area (Å²) in [5, 5.41) is 10.7. The van der Waals surface area contributed by atoms with Crippen molar-refractivity contribution in [3.63, 3.8) is 0 Å². The molecule has 0 heterocycles. The molecule has 0 aromatic heterocycles. The molecule has 0 radical (unpaired) electrons. The van der Waals surface area contributed by atoms with Gasteiger partial charge in [-0.25, -0.2) is 4.79 Å². The Morgan fingerprint density at radius 3 is 2.45 bits per heavy atom. The smallest absolute Gasteiger partial charge is 0.404 e. The molecule has 0 aromatic carbocycles. The zero-order valence-electron chi connectivity index (χ0n) is 7.48. The summed E-state index contributed by atoms with van der Waals surface area (Å²) in [5.41, 5.74) is 0.0904. The first kappa shape index (κ1) is 10.3. The Morgan fingerprint density at radius 1 is 1.55 bits per heavy atom. The van der Waals surface area contributed by atoms with Gasteiger partial charge < -0.3 is 10.4 Å². The molecule has 0 aliphatic rings. The lowest BCUT2D eigenvalue weighted by Gasteiger charge is -2.23. The lowest BCUT2D eigenvalue weighted by Crippen LogP contribution is -2.32. The molecule has 3 heteroatoms. The fourth-order valence-electron chi connectivity index (χ4n) is 1.08. The zero-order valence-corrected chi connectivity index (χ0v) is 7.48. The molecule has 1 amide bonds. The second-order valence-electron chi connectivity index (χ2n) is 3.57. The maximum atomic E-state index is 10.1. The number of carbonyl (C=O) groups is 1. The number of amides is 1. The van der Waals surface area contributed by atoms with E-state index in [2.05, 4.69) is 26.1 Å². The molecule has 0 spiro atoms. The van der Waals surface area contributed by atoms with Gasteiger partial charge in [0.15, 0.2) is 0 Å². The summed E-state index contributed by atoms with van der Waals surface area (Å²) in [5.74, 6) is 0. The van der Waals surface area contributed by atoms with E-state index in [1.165, 1.54) is 0 Å². The van der Waals surface area contributed by atoms with Gasteiger partial charge in [-0.3, -0.25) is 0 Å². The summed E-state index contributed by atoms with van der Waals surface area (Å²) in [4.78, 5) is 10.1. The highest BCUT2D eigenvalue weighted by Crippen LogP contribution is 2.20. The van der Waals surface area contributed by atoms with Crippen molar-refractivity contribution >= 4 is 6.09 Å². The Kier molecular flexibility index (Phi) is 3.93. The predicted octanol–water partition coefficient (Wildman–Crippen LogP) is 2.08. The van der Waals surface area contributed by atoms with Crippen LogP contribution in [0.25, 0.3) is 0 Å². The molecule has 0 aliphatic heterocycles. The van der Waals surface area contributed by atoms with E-state index in [0.717, 1.165) is 12.8 Å². The third-order valence-corrected chi connectivity index (χ3v) is 1.64. The van der Waals surface area contributed by atoms with Crippen molar-refractivity contribution in [1.29, 1.82) is 0 Å². The highest BCUT2D eigenvalue weighted by atomic mass is 16.4. The van der Waals surface area contributed by atoms with E-state index in [4.69, 9.17) is 5.11 Å². The van der Waals surface area contributed by atoms with Crippen molar-refractivity contribution in [2.24, 2.45) is 5.41 Å². The molecule has 0 saturated carbocycles. The molecule has 0 rings (SSSR count). The predicted molar refractivity (Wildman–Crippen MR) is 44.7 cm³/mol. The zero-order chi connectivity index (χ0) is 8.91. The normalized spacial score (nSPS) is 11.2. The van der Waals surface area contributed by atoms with Gasteiger partial charge in [-0.2, -0.15) is 0 Å². The van der Waals surface area contributed by atoms with Gasteiger partial charge in [0.2, 0.25) is 0 Å². The van der Waals surface area contributed by atoms with E-state index in [1.807, 2.05) is 0 Å². The van der Waals surface area contributed by atoms with Crippen LogP contribution in [0, 0.1) is 5.41 Å². The van der Waals surface area contributed by atoms with Crippen molar-refractivity contribution < 1.29 is 9.90 Å². The van der Waals surface area contributed by atoms with Gasteiger partial charge >= 0.3 is 6.09 Å². The molecular weight excluding hydrogens is 142 g/mol. The minimum Gasteiger partial charge on any atom is -0.465 e. The lowest BCUT2D eigenvalue weighted by molar-refractivity contribution is 0.186. The van der Waals surface area contributed by atoms with Crippen LogP contribution < -0.4 is 5.32 Å². The second kappa shape index (κ2) is 4.21. The number of hydrogen-bond donors (Lipinski definition) is 2. The van der Waals surface area contributed by atoms with E-state index in [9.17, 15) is 4.79 Å².